The lowest BCUT2D eigenvalue weighted by atomic mass is 9.79. The van der Waals surface area contributed by atoms with E-state index in [0.29, 0.717) is 38.4 Å². The highest BCUT2D eigenvalue weighted by Crippen LogP contribution is 2.47. The molecule has 2 aromatic carbocycles. The molecule has 2 heterocycles. The summed E-state index contributed by atoms with van der Waals surface area (Å²) in [7, 11) is 0. The van der Waals surface area contributed by atoms with Crippen LogP contribution in [0.2, 0.25) is 0 Å². The first-order chi connectivity index (χ1) is 19.0. The largest absolute Gasteiger partial charge is 0.481 e. The van der Waals surface area contributed by atoms with Crippen molar-refractivity contribution >= 4 is 11.9 Å². The number of nitrogens with zero attached hydrogens (tertiary/aromatic N) is 1. The summed E-state index contributed by atoms with van der Waals surface area (Å²) in [5.74, 6) is -3.68. The van der Waals surface area contributed by atoms with Crippen LogP contribution in [0.1, 0.15) is 54.7 Å². The number of ether oxygens (including phenoxy) is 1. The third-order valence-electron chi connectivity index (χ3n) is 8.52. The highest BCUT2D eigenvalue weighted by atomic mass is 19.4. The predicted molar refractivity (Wildman–Crippen MR) is 134 cm³/mol. The van der Waals surface area contributed by atoms with Crippen molar-refractivity contribution in [3.63, 3.8) is 0 Å². The Kier molecular flexibility index (Phi) is 7.89. The van der Waals surface area contributed by atoms with Crippen LogP contribution in [0.25, 0.3) is 0 Å². The number of amides is 1. The number of hydrogen-bond acceptors (Lipinski definition) is 4. The van der Waals surface area contributed by atoms with Gasteiger partial charge >= 0.3 is 12.1 Å². The van der Waals surface area contributed by atoms with Crippen molar-refractivity contribution in [3.8, 4) is 0 Å². The van der Waals surface area contributed by atoms with Crippen LogP contribution in [0.3, 0.4) is 0 Å². The number of hydrogen-bond donors (Lipinski definition) is 2. The molecule has 2 aromatic rings. The molecule has 5 rings (SSSR count). The van der Waals surface area contributed by atoms with Crippen molar-refractivity contribution in [2.24, 2.45) is 11.8 Å². The molecular formula is C29H31F5N2O4. The molecule has 1 saturated carbocycles. The van der Waals surface area contributed by atoms with Crippen molar-refractivity contribution in [2.45, 2.75) is 62.4 Å². The summed E-state index contributed by atoms with van der Waals surface area (Å²) in [4.78, 5) is 27.5. The lowest BCUT2D eigenvalue weighted by molar-refractivity contribution is -0.166. The van der Waals surface area contributed by atoms with Crippen LogP contribution >= 0.6 is 0 Å². The predicted octanol–water partition coefficient (Wildman–Crippen LogP) is 5.12. The van der Waals surface area contributed by atoms with Gasteiger partial charge in [0.1, 0.15) is 17.2 Å². The topological polar surface area (TPSA) is 78.9 Å². The molecule has 1 aliphatic carbocycles. The molecule has 216 valence electrons. The number of alkyl halides is 3. The average molecular weight is 567 g/mol. The van der Waals surface area contributed by atoms with Crippen molar-refractivity contribution in [1.82, 2.24) is 10.2 Å². The molecule has 0 spiro atoms. The second-order valence-corrected chi connectivity index (χ2v) is 11.1. The lowest BCUT2D eigenvalue weighted by Crippen LogP contribution is -2.58. The summed E-state index contributed by atoms with van der Waals surface area (Å²) in [6.45, 7) is 0.881. The zero-order valence-electron chi connectivity index (χ0n) is 21.7. The Balaban J connectivity index is 1.22. The molecule has 0 radical (unpaired) electrons. The van der Waals surface area contributed by atoms with Gasteiger partial charge in [-0.3, -0.25) is 14.5 Å². The molecule has 11 heteroatoms. The molecule has 2 saturated heterocycles. The fraction of sp³-hybridized carbons (Fsp3) is 0.517. The minimum Gasteiger partial charge on any atom is -0.481 e. The summed E-state index contributed by atoms with van der Waals surface area (Å²) in [5, 5.41) is 12.6. The molecule has 6 nitrogen and oxygen atoms in total. The van der Waals surface area contributed by atoms with E-state index >= 15 is 0 Å². The molecule has 3 aliphatic rings. The maximum atomic E-state index is 13.8. The molecule has 40 heavy (non-hydrogen) atoms. The summed E-state index contributed by atoms with van der Waals surface area (Å²) in [5.41, 5.74) is -1.44. The summed E-state index contributed by atoms with van der Waals surface area (Å²) >= 11 is 0. The Hall–Kier alpha value is -3.05. The molecule has 1 unspecified atom stereocenters. The minimum absolute atomic E-state index is 0.00375. The van der Waals surface area contributed by atoms with Crippen LogP contribution in [-0.2, 0) is 27.0 Å². The monoisotopic (exact) mass is 566 g/mol. The van der Waals surface area contributed by atoms with Gasteiger partial charge in [0.05, 0.1) is 18.1 Å². The maximum absolute atomic E-state index is 13.8. The SMILES string of the molecule is O=C(O)[C@H]1CN([C@@H]2CC[C@@](C(=O)NCc3cc(F)cc(C(F)(F)F)c3)(C3CC3)OC2)CCC1c1ccc(F)cc1. The van der Waals surface area contributed by atoms with Gasteiger partial charge in [0.25, 0.3) is 5.91 Å². The molecule has 4 atom stereocenters. The van der Waals surface area contributed by atoms with E-state index in [-0.39, 0.29) is 42.4 Å². The zero-order valence-corrected chi connectivity index (χ0v) is 21.7. The van der Waals surface area contributed by atoms with E-state index in [0.717, 1.165) is 30.5 Å². The molecule has 0 bridgehead atoms. The van der Waals surface area contributed by atoms with E-state index in [1.54, 1.807) is 12.1 Å². The first-order valence-corrected chi connectivity index (χ1v) is 13.5. The number of carboxylic acids is 1. The van der Waals surface area contributed by atoms with Crippen molar-refractivity contribution < 1.29 is 41.4 Å². The van der Waals surface area contributed by atoms with Gasteiger partial charge in [-0.2, -0.15) is 13.2 Å². The Morgan fingerprint density at radius 1 is 1.02 bits per heavy atom. The van der Waals surface area contributed by atoms with Crippen LogP contribution < -0.4 is 5.32 Å². The Bertz CT molecular complexity index is 1240. The Labute approximate surface area is 228 Å². The molecule has 1 amide bonds. The van der Waals surface area contributed by atoms with E-state index in [1.807, 2.05) is 0 Å². The number of carbonyl (C=O) groups excluding carboxylic acids is 1. The number of rotatable bonds is 7. The molecule has 2 aliphatic heterocycles. The Morgan fingerprint density at radius 2 is 1.75 bits per heavy atom. The van der Waals surface area contributed by atoms with Gasteiger partial charge in [-0.15, -0.1) is 0 Å². The molecule has 3 fully saturated rings. The zero-order chi connectivity index (χ0) is 28.7. The first kappa shape index (κ1) is 28.5. The van der Waals surface area contributed by atoms with Crippen LogP contribution in [-0.4, -0.2) is 53.2 Å². The van der Waals surface area contributed by atoms with Gasteiger partial charge < -0.3 is 15.2 Å². The number of nitrogens with one attached hydrogen (secondary N) is 1. The van der Waals surface area contributed by atoms with Gasteiger partial charge in [-0.05, 0) is 91.9 Å². The van der Waals surface area contributed by atoms with Gasteiger partial charge in [-0.1, -0.05) is 12.1 Å². The summed E-state index contributed by atoms with van der Waals surface area (Å²) in [6, 6.07) is 8.04. The van der Waals surface area contributed by atoms with Crippen LogP contribution in [0, 0.1) is 23.5 Å². The van der Waals surface area contributed by atoms with Crippen molar-refractivity contribution in [1.29, 1.82) is 0 Å². The van der Waals surface area contributed by atoms with E-state index in [2.05, 4.69) is 10.2 Å². The van der Waals surface area contributed by atoms with Crippen LogP contribution in [0.4, 0.5) is 22.0 Å². The first-order valence-electron chi connectivity index (χ1n) is 13.5. The number of carboxylic acid groups (broad SMARTS) is 1. The minimum atomic E-state index is -4.70. The number of benzene rings is 2. The number of aliphatic carboxylic acids is 1. The lowest BCUT2D eigenvalue weighted by Gasteiger charge is -2.46. The standard InChI is InChI=1S/C29H31F5N2O4/c30-21-5-1-18(2-6-21)24-8-10-36(15-25(24)26(37)38)23-7-9-28(40-16-23,19-3-4-19)27(39)35-14-17-11-20(29(32,33)34)13-22(31)12-17/h1-2,5-6,11-13,19,23-25H,3-4,7-10,14-16H2,(H,35,39)(H,37,38)/t23-,24?,25+,28+/m1/s1. The van der Waals surface area contributed by atoms with Crippen LogP contribution in [0.5, 0.6) is 0 Å². The average Bonchev–Trinajstić information content (AvgIpc) is 3.77. The van der Waals surface area contributed by atoms with E-state index in [9.17, 15) is 36.6 Å². The number of likely N-dealkylation sites (tertiary alicyclic amines) is 1. The number of carbonyl (C=O) groups is 2. The Morgan fingerprint density at radius 3 is 2.35 bits per heavy atom. The van der Waals surface area contributed by atoms with E-state index in [1.165, 1.54) is 12.1 Å². The molecule has 0 aromatic heterocycles. The maximum Gasteiger partial charge on any atom is 0.416 e. The van der Waals surface area contributed by atoms with E-state index in [4.69, 9.17) is 4.74 Å². The second-order valence-electron chi connectivity index (χ2n) is 11.1. The van der Waals surface area contributed by atoms with Crippen molar-refractivity contribution in [2.75, 3.05) is 19.7 Å². The normalized spacial score (nSPS) is 27.8. The third kappa shape index (κ3) is 6.00. The fourth-order valence-electron chi connectivity index (χ4n) is 6.22. The second kappa shape index (κ2) is 11.1. The highest BCUT2D eigenvalue weighted by molar-refractivity contribution is 5.86. The van der Waals surface area contributed by atoms with Crippen LogP contribution in [0.15, 0.2) is 42.5 Å². The quantitative estimate of drug-likeness (QED) is 0.455. The van der Waals surface area contributed by atoms with Gasteiger partial charge in [0.15, 0.2) is 0 Å². The number of halogens is 5. The van der Waals surface area contributed by atoms with Gasteiger partial charge in [0, 0.05) is 19.1 Å². The fourth-order valence-corrected chi connectivity index (χ4v) is 6.22. The summed E-state index contributed by atoms with van der Waals surface area (Å²) in [6.07, 6.45) is -1.55. The summed E-state index contributed by atoms with van der Waals surface area (Å²) < 4.78 is 72.6. The van der Waals surface area contributed by atoms with Gasteiger partial charge in [-0.25, -0.2) is 8.78 Å². The smallest absolute Gasteiger partial charge is 0.416 e. The molecular weight excluding hydrogens is 535 g/mol. The number of piperidine rings is 1. The third-order valence-corrected chi connectivity index (χ3v) is 8.52. The highest BCUT2D eigenvalue weighted by Gasteiger charge is 2.54. The van der Waals surface area contributed by atoms with E-state index < -0.39 is 41.0 Å². The van der Waals surface area contributed by atoms with Gasteiger partial charge in [0.2, 0.25) is 0 Å². The molecule has 2 N–H and O–H groups in total. The van der Waals surface area contributed by atoms with Crippen molar-refractivity contribution in [3.05, 3.63) is 70.8 Å².